The van der Waals surface area contributed by atoms with E-state index in [0.29, 0.717) is 38.0 Å². The molecule has 1 unspecified atom stereocenters. The maximum Gasteiger partial charge on any atom is 0.228 e. The molecule has 6 heteroatoms. The molecule has 1 atom stereocenters. The van der Waals surface area contributed by atoms with Crippen molar-refractivity contribution in [2.75, 3.05) is 31.6 Å². The van der Waals surface area contributed by atoms with Crippen LogP contribution in [0.5, 0.6) is 5.75 Å². The van der Waals surface area contributed by atoms with Crippen molar-refractivity contribution in [3.8, 4) is 5.75 Å². The zero-order valence-corrected chi connectivity index (χ0v) is 19.0. The summed E-state index contributed by atoms with van der Waals surface area (Å²) in [4.78, 5) is 42.3. The second-order valence-electron chi connectivity index (χ2n) is 8.82. The first-order valence-electron chi connectivity index (χ1n) is 11.2. The molecule has 2 aromatic rings. The number of piperidine rings is 1. The van der Waals surface area contributed by atoms with E-state index < -0.39 is 0 Å². The Morgan fingerprint density at radius 2 is 1.66 bits per heavy atom. The third kappa shape index (κ3) is 4.27. The van der Waals surface area contributed by atoms with Gasteiger partial charge in [0, 0.05) is 43.2 Å². The van der Waals surface area contributed by atoms with Gasteiger partial charge in [0.05, 0.1) is 13.0 Å². The van der Waals surface area contributed by atoms with Gasteiger partial charge < -0.3 is 14.5 Å². The predicted molar refractivity (Wildman–Crippen MR) is 123 cm³/mol. The van der Waals surface area contributed by atoms with Crippen LogP contribution in [0.3, 0.4) is 0 Å². The van der Waals surface area contributed by atoms with E-state index in [4.69, 9.17) is 4.74 Å². The molecule has 2 amide bonds. The molecule has 0 spiro atoms. The standard InChI is InChI=1S/C26H30N2O4/c1-17-5-4-6-23(18(17)2)28-16-21(15-24(28)29)26(31)27-13-11-20(12-14-27)25(30)19-7-9-22(32-3)10-8-19/h4-10,20-21H,11-16H2,1-3H3. The number of ketones is 1. The predicted octanol–water partition coefficient (Wildman–Crippen LogP) is 3.79. The van der Waals surface area contributed by atoms with Gasteiger partial charge in [0.2, 0.25) is 11.8 Å². The Labute approximate surface area is 189 Å². The molecule has 0 aliphatic carbocycles. The zero-order chi connectivity index (χ0) is 22.8. The molecular formula is C26H30N2O4. The Morgan fingerprint density at radius 1 is 0.969 bits per heavy atom. The van der Waals surface area contributed by atoms with Crippen LogP contribution >= 0.6 is 0 Å². The van der Waals surface area contributed by atoms with Crippen LogP contribution in [0.25, 0.3) is 0 Å². The lowest BCUT2D eigenvalue weighted by atomic mass is 9.88. The Balaban J connectivity index is 1.35. The maximum absolute atomic E-state index is 13.1. The highest BCUT2D eigenvalue weighted by molar-refractivity contribution is 6.01. The lowest BCUT2D eigenvalue weighted by Crippen LogP contribution is -2.43. The molecule has 32 heavy (non-hydrogen) atoms. The highest BCUT2D eigenvalue weighted by Crippen LogP contribution is 2.31. The fourth-order valence-corrected chi connectivity index (χ4v) is 4.75. The van der Waals surface area contributed by atoms with Crippen LogP contribution in [0, 0.1) is 25.7 Å². The molecule has 168 valence electrons. The summed E-state index contributed by atoms with van der Waals surface area (Å²) in [5.41, 5.74) is 3.79. The largest absolute Gasteiger partial charge is 0.497 e. The van der Waals surface area contributed by atoms with Crippen molar-refractivity contribution >= 4 is 23.3 Å². The van der Waals surface area contributed by atoms with Crippen molar-refractivity contribution in [1.29, 1.82) is 0 Å². The van der Waals surface area contributed by atoms with Crippen molar-refractivity contribution in [2.45, 2.75) is 33.1 Å². The number of hydrogen-bond acceptors (Lipinski definition) is 4. The Hall–Kier alpha value is -3.15. The highest BCUT2D eigenvalue weighted by atomic mass is 16.5. The van der Waals surface area contributed by atoms with E-state index in [9.17, 15) is 14.4 Å². The van der Waals surface area contributed by atoms with Gasteiger partial charge in [-0.25, -0.2) is 0 Å². The molecule has 0 bridgehead atoms. The van der Waals surface area contributed by atoms with Gasteiger partial charge in [-0.1, -0.05) is 12.1 Å². The molecule has 2 fully saturated rings. The molecule has 0 saturated carbocycles. The van der Waals surface area contributed by atoms with E-state index >= 15 is 0 Å². The average molecular weight is 435 g/mol. The van der Waals surface area contributed by atoms with Gasteiger partial charge >= 0.3 is 0 Å². The molecule has 2 heterocycles. The summed E-state index contributed by atoms with van der Waals surface area (Å²) in [5, 5.41) is 0. The number of carbonyl (C=O) groups excluding carboxylic acids is 3. The maximum atomic E-state index is 13.1. The van der Waals surface area contributed by atoms with Gasteiger partial charge in [-0.05, 0) is 68.1 Å². The summed E-state index contributed by atoms with van der Waals surface area (Å²) in [5.74, 6) is 0.475. The minimum absolute atomic E-state index is 0.00150. The van der Waals surface area contributed by atoms with Crippen molar-refractivity contribution in [3.63, 3.8) is 0 Å². The quantitative estimate of drug-likeness (QED) is 0.672. The fourth-order valence-electron chi connectivity index (χ4n) is 4.75. The second-order valence-corrected chi connectivity index (χ2v) is 8.82. The first-order valence-corrected chi connectivity index (χ1v) is 11.2. The second kappa shape index (κ2) is 9.15. The molecule has 0 radical (unpaired) electrons. The van der Waals surface area contributed by atoms with Gasteiger partial charge in [-0.3, -0.25) is 14.4 Å². The summed E-state index contributed by atoms with van der Waals surface area (Å²) in [6, 6.07) is 13.1. The van der Waals surface area contributed by atoms with Crippen LogP contribution in [0.2, 0.25) is 0 Å². The molecule has 2 saturated heterocycles. The van der Waals surface area contributed by atoms with Crippen molar-refractivity contribution in [1.82, 2.24) is 4.90 Å². The van der Waals surface area contributed by atoms with E-state index in [1.165, 1.54) is 0 Å². The van der Waals surface area contributed by atoms with E-state index in [1.807, 2.05) is 36.9 Å². The highest BCUT2D eigenvalue weighted by Gasteiger charge is 2.39. The third-order valence-corrected chi connectivity index (χ3v) is 6.89. The fraction of sp³-hybridized carbons (Fsp3) is 0.423. The number of methoxy groups -OCH3 is 1. The summed E-state index contributed by atoms with van der Waals surface area (Å²) >= 11 is 0. The SMILES string of the molecule is COc1ccc(C(=O)C2CCN(C(=O)C3CC(=O)N(c4cccc(C)c4C)C3)CC2)cc1. The van der Waals surface area contributed by atoms with Crippen molar-refractivity contribution < 1.29 is 19.1 Å². The number of anilines is 1. The third-order valence-electron chi connectivity index (χ3n) is 6.89. The summed E-state index contributed by atoms with van der Waals surface area (Å²) in [6.45, 7) is 5.57. The van der Waals surface area contributed by atoms with E-state index in [-0.39, 0.29) is 35.9 Å². The van der Waals surface area contributed by atoms with Crippen LogP contribution in [0.4, 0.5) is 5.69 Å². The van der Waals surface area contributed by atoms with E-state index in [0.717, 1.165) is 22.6 Å². The van der Waals surface area contributed by atoms with E-state index in [1.54, 1.807) is 36.3 Å². The van der Waals surface area contributed by atoms with Gasteiger partial charge in [0.15, 0.2) is 5.78 Å². The minimum Gasteiger partial charge on any atom is -0.497 e. The topological polar surface area (TPSA) is 66.9 Å². The van der Waals surface area contributed by atoms with E-state index in [2.05, 4.69) is 0 Å². The summed E-state index contributed by atoms with van der Waals surface area (Å²) < 4.78 is 5.16. The lowest BCUT2D eigenvalue weighted by molar-refractivity contribution is -0.137. The summed E-state index contributed by atoms with van der Waals surface area (Å²) in [7, 11) is 1.60. The molecular weight excluding hydrogens is 404 g/mol. The Kier molecular flexibility index (Phi) is 6.31. The normalized spacial score (nSPS) is 19.3. The van der Waals surface area contributed by atoms with Gasteiger partial charge in [-0.15, -0.1) is 0 Å². The van der Waals surface area contributed by atoms with Gasteiger partial charge in [0.25, 0.3) is 0 Å². The Bertz CT molecular complexity index is 1020. The zero-order valence-electron chi connectivity index (χ0n) is 19.0. The first-order chi connectivity index (χ1) is 15.4. The lowest BCUT2D eigenvalue weighted by Gasteiger charge is -2.33. The van der Waals surface area contributed by atoms with Crippen LogP contribution in [-0.4, -0.2) is 49.2 Å². The average Bonchev–Trinajstić information content (AvgIpc) is 3.21. The molecule has 2 aromatic carbocycles. The first kappa shape index (κ1) is 22.1. The molecule has 2 aliphatic rings. The molecule has 6 nitrogen and oxygen atoms in total. The number of nitrogens with zero attached hydrogens (tertiary/aromatic N) is 2. The van der Waals surface area contributed by atoms with Crippen molar-refractivity contribution in [3.05, 3.63) is 59.2 Å². The molecule has 4 rings (SSSR count). The number of Topliss-reactive ketones (excluding diaryl/α,β-unsaturated/α-hetero) is 1. The number of aryl methyl sites for hydroxylation is 1. The number of ether oxygens (including phenoxy) is 1. The number of benzene rings is 2. The Morgan fingerprint density at radius 3 is 2.31 bits per heavy atom. The van der Waals surface area contributed by atoms with Gasteiger partial charge in [-0.2, -0.15) is 0 Å². The number of likely N-dealkylation sites (tertiary alicyclic amines) is 1. The molecule has 0 N–H and O–H groups in total. The number of amides is 2. The van der Waals surface area contributed by atoms with Crippen LogP contribution in [0.15, 0.2) is 42.5 Å². The molecule has 0 aromatic heterocycles. The number of rotatable bonds is 5. The summed E-state index contributed by atoms with van der Waals surface area (Å²) in [6.07, 6.45) is 1.55. The van der Waals surface area contributed by atoms with Crippen molar-refractivity contribution in [2.24, 2.45) is 11.8 Å². The van der Waals surface area contributed by atoms with Crippen LogP contribution < -0.4 is 9.64 Å². The van der Waals surface area contributed by atoms with Crippen LogP contribution in [0.1, 0.15) is 40.7 Å². The van der Waals surface area contributed by atoms with Crippen LogP contribution in [-0.2, 0) is 9.59 Å². The molecule has 2 aliphatic heterocycles. The smallest absolute Gasteiger partial charge is 0.228 e. The van der Waals surface area contributed by atoms with Gasteiger partial charge in [0.1, 0.15) is 5.75 Å². The number of hydrogen-bond donors (Lipinski definition) is 0. The monoisotopic (exact) mass is 434 g/mol. The number of carbonyl (C=O) groups is 3. The minimum atomic E-state index is -0.323.